The molecule has 0 amide bonds. The lowest BCUT2D eigenvalue weighted by atomic mass is 10.1. The minimum atomic E-state index is -0.703. The van der Waals surface area contributed by atoms with E-state index in [1.807, 2.05) is 42.5 Å². The third-order valence-corrected chi connectivity index (χ3v) is 3.10. The van der Waals surface area contributed by atoms with Gasteiger partial charge in [0.1, 0.15) is 31.7 Å². The van der Waals surface area contributed by atoms with E-state index in [2.05, 4.69) is 0 Å². The molecule has 0 fully saturated rings. The van der Waals surface area contributed by atoms with Crippen LogP contribution in [0.15, 0.2) is 48.5 Å². The molecule has 104 valence electrons. The first-order valence-electron chi connectivity index (χ1n) is 6.58. The van der Waals surface area contributed by atoms with Crippen molar-refractivity contribution in [2.45, 2.75) is 6.10 Å². The summed E-state index contributed by atoms with van der Waals surface area (Å²) in [4.78, 5) is 0. The van der Waals surface area contributed by atoms with Crippen LogP contribution in [0.3, 0.4) is 0 Å². The van der Waals surface area contributed by atoms with Gasteiger partial charge in [-0.2, -0.15) is 0 Å². The summed E-state index contributed by atoms with van der Waals surface area (Å²) in [6.45, 7) is 1.29. The molecule has 1 N–H and O–H groups in total. The quantitative estimate of drug-likeness (QED) is 0.929. The lowest BCUT2D eigenvalue weighted by molar-refractivity contribution is 0.107. The van der Waals surface area contributed by atoms with Crippen molar-refractivity contribution in [3.63, 3.8) is 0 Å². The van der Waals surface area contributed by atoms with Crippen LogP contribution >= 0.6 is 0 Å². The van der Waals surface area contributed by atoms with Gasteiger partial charge in [0.05, 0.1) is 0 Å². The number of benzene rings is 2. The summed E-state index contributed by atoms with van der Waals surface area (Å²) >= 11 is 0. The molecule has 0 saturated carbocycles. The first-order chi connectivity index (χ1) is 9.83. The Kier molecular flexibility index (Phi) is 3.74. The van der Waals surface area contributed by atoms with Gasteiger partial charge in [0.15, 0.2) is 11.5 Å². The molecule has 0 radical (unpaired) electrons. The topological polar surface area (TPSA) is 47.9 Å². The molecule has 0 aromatic heterocycles. The molecule has 0 spiro atoms. The van der Waals surface area contributed by atoms with Gasteiger partial charge in [0.2, 0.25) is 0 Å². The fourth-order valence-electron chi connectivity index (χ4n) is 2.06. The molecule has 0 saturated heterocycles. The van der Waals surface area contributed by atoms with Gasteiger partial charge >= 0.3 is 0 Å². The maximum absolute atomic E-state index is 10.2. The summed E-state index contributed by atoms with van der Waals surface area (Å²) in [5, 5.41) is 10.2. The van der Waals surface area contributed by atoms with Crippen molar-refractivity contribution in [1.82, 2.24) is 0 Å². The molecule has 0 bridgehead atoms. The predicted molar refractivity (Wildman–Crippen MR) is 74.3 cm³/mol. The number of aliphatic hydroxyl groups is 1. The van der Waals surface area contributed by atoms with Crippen LogP contribution in [0.4, 0.5) is 0 Å². The van der Waals surface area contributed by atoms with Crippen molar-refractivity contribution in [2.75, 3.05) is 19.8 Å². The van der Waals surface area contributed by atoms with Crippen LogP contribution in [0, 0.1) is 0 Å². The smallest absolute Gasteiger partial charge is 0.161 e. The van der Waals surface area contributed by atoms with Crippen molar-refractivity contribution in [1.29, 1.82) is 0 Å². The van der Waals surface area contributed by atoms with Crippen molar-refractivity contribution < 1.29 is 19.3 Å². The van der Waals surface area contributed by atoms with Crippen molar-refractivity contribution >= 4 is 0 Å². The van der Waals surface area contributed by atoms with E-state index in [0.29, 0.717) is 19.0 Å². The molecule has 1 heterocycles. The highest BCUT2D eigenvalue weighted by Gasteiger charge is 2.15. The van der Waals surface area contributed by atoms with Crippen LogP contribution < -0.4 is 14.2 Å². The van der Waals surface area contributed by atoms with Crippen LogP contribution in [0.25, 0.3) is 0 Å². The molecule has 1 unspecified atom stereocenters. The highest BCUT2D eigenvalue weighted by Crippen LogP contribution is 2.32. The Hall–Kier alpha value is -2.20. The standard InChI is InChI=1S/C16H16O4/c17-14(11-20-13-4-2-1-3-5-13)12-6-7-15-16(10-12)19-9-8-18-15/h1-7,10,14,17H,8-9,11H2. The van der Waals surface area contributed by atoms with Crippen LogP contribution in [-0.4, -0.2) is 24.9 Å². The van der Waals surface area contributed by atoms with Gasteiger partial charge in [0.25, 0.3) is 0 Å². The fraction of sp³-hybridized carbons (Fsp3) is 0.250. The van der Waals surface area contributed by atoms with Crippen molar-refractivity contribution in [3.05, 3.63) is 54.1 Å². The highest BCUT2D eigenvalue weighted by molar-refractivity contribution is 5.44. The summed E-state index contributed by atoms with van der Waals surface area (Å²) in [6.07, 6.45) is -0.703. The SMILES string of the molecule is OC(COc1ccccc1)c1ccc2c(c1)OCCO2. The van der Waals surface area contributed by atoms with Gasteiger partial charge < -0.3 is 19.3 Å². The second-order valence-corrected chi connectivity index (χ2v) is 4.54. The van der Waals surface area contributed by atoms with E-state index < -0.39 is 6.10 Å². The minimum Gasteiger partial charge on any atom is -0.491 e. The van der Waals surface area contributed by atoms with E-state index in [1.165, 1.54) is 0 Å². The van der Waals surface area contributed by atoms with E-state index >= 15 is 0 Å². The van der Waals surface area contributed by atoms with Gasteiger partial charge in [-0.05, 0) is 29.8 Å². The summed E-state index contributed by atoms with van der Waals surface area (Å²) < 4.78 is 16.5. The lowest BCUT2D eigenvalue weighted by Crippen LogP contribution is -2.16. The first-order valence-corrected chi connectivity index (χ1v) is 6.58. The number of hydrogen-bond acceptors (Lipinski definition) is 4. The summed E-state index contributed by atoms with van der Waals surface area (Å²) in [5.74, 6) is 2.13. The third kappa shape index (κ3) is 2.86. The number of fused-ring (bicyclic) bond motifs is 1. The average molecular weight is 272 g/mol. The zero-order chi connectivity index (χ0) is 13.8. The zero-order valence-electron chi connectivity index (χ0n) is 11.0. The molecule has 0 aliphatic carbocycles. The highest BCUT2D eigenvalue weighted by atomic mass is 16.6. The Morgan fingerprint density at radius 3 is 2.55 bits per heavy atom. The number of para-hydroxylation sites is 1. The number of hydrogen-bond donors (Lipinski definition) is 1. The fourth-order valence-corrected chi connectivity index (χ4v) is 2.06. The molecule has 2 aromatic rings. The zero-order valence-corrected chi connectivity index (χ0v) is 11.0. The normalized spacial score (nSPS) is 14.7. The third-order valence-electron chi connectivity index (χ3n) is 3.10. The molecular formula is C16H16O4. The molecule has 4 nitrogen and oxygen atoms in total. The Morgan fingerprint density at radius 2 is 1.75 bits per heavy atom. The predicted octanol–water partition coefficient (Wildman–Crippen LogP) is 2.57. The largest absolute Gasteiger partial charge is 0.491 e. The lowest BCUT2D eigenvalue weighted by Gasteiger charge is -2.20. The maximum Gasteiger partial charge on any atom is 0.161 e. The second-order valence-electron chi connectivity index (χ2n) is 4.54. The Balaban J connectivity index is 1.66. The van der Waals surface area contributed by atoms with Crippen LogP contribution in [0.1, 0.15) is 11.7 Å². The maximum atomic E-state index is 10.2. The Bertz CT molecular complexity index is 568. The van der Waals surface area contributed by atoms with Crippen LogP contribution in [-0.2, 0) is 0 Å². The Morgan fingerprint density at radius 1 is 1.00 bits per heavy atom. The molecule has 4 heteroatoms. The molecule has 3 rings (SSSR count). The molecule has 1 atom stereocenters. The summed E-state index contributed by atoms with van der Waals surface area (Å²) in [7, 11) is 0. The van der Waals surface area contributed by atoms with E-state index in [0.717, 1.165) is 17.1 Å². The van der Waals surface area contributed by atoms with E-state index in [-0.39, 0.29) is 6.61 Å². The molecule has 1 aliphatic rings. The molecule has 1 aliphatic heterocycles. The molecule has 20 heavy (non-hydrogen) atoms. The van der Waals surface area contributed by atoms with E-state index in [1.54, 1.807) is 6.07 Å². The summed E-state index contributed by atoms with van der Waals surface area (Å²) in [5.41, 5.74) is 0.755. The van der Waals surface area contributed by atoms with Crippen molar-refractivity contribution in [3.8, 4) is 17.2 Å². The van der Waals surface area contributed by atoms with E-state index in [9.17, 15) is 5.11 Å². The van der Waals surface area contributed by atoms with Crippen LogP contribution in [0.2, 0.25) is 0 Å². The molecular weight excluding hydrogens is 256 g/mol. The second kappa shape index (κ2) is 5.84. The van der Waals surface area contributed by atoms with Gasteiger partial charge in [-0.3, -0.25) is 0 Å². The number of ether oxygens (including phenoxy) is 3. The average Bonchev–Trinajstić information content (AvgIpc) is 2.53. The first kappa shape index (κ1) is 12.8. The van der Waals surface area contributed by atoms with Gasteiger partial charge in [0, 0.05) is 0 Å². The number of aliphatic hydroxyl groups excluding tert-OH is 1. The molecule has 2 aromatic carbocycles. The Labute approximate surface area is 117 Å². The van der Waals surface area contributed by atoms with Gasteiger partial charge in [-0.25, -0.2) is 0 Å². The summed E-state index contributed by atoms with van der Waals surface area (Å²) in [6, 6.07) is 14.9. The van der Waals surface area contributed by atoms with Crippen molar-refractivity contribution in [2.24, 2.45) is 0 Å². The minimum absolute atomic E-state index is 0.198. The number of rotatable bonds is 4. The van der Waals surface area contributed by atoms with Gasteiger partial charge in [-0.15, -0.1) is 0 Å². The monoisotopic (exact) mass is 272 g/mol. The van der Waals surface area contributed by atoms with E-state index in [4.69, 9.17) is 14.2 Å². The van der Waals surface area contributed by atoms with Gasteiger partial charge in [-0.1, -0.05) is 24.3 Å². The van der Waals surface area contributed by atoms with Crippen LogP contribution in [0.5, 0.6) is 17.2 Å².